The second-order valence-corrected chi connectivity index (χ2v) is 4.74. The van der Waals surface area contributed by atoms with Crippen molar-refractivity contribution in [2.75, 3.05) is 11.9 Å². The minimum absolute atomic E-state index is 0.416. The Labute approximate surface area is 107 Å². The number of rotatable bonds is 3. The number of benzene rings is 1. The van der Waals surface area contributed by atoms with Gasteiger partial charge in [0.25, 0.3) is 0 Å². The van der Waals surface area contributed by atoms with E-state index in [1.165, 1.54) is 0 Å². The normalized spacial score (nSPS) is 10.4. The first-order chi connectivity index (χ1) is 7.68. The van der Waals surface area contributed by atoms with Crippen LogP contribution >= 0.6 is 27.5 Å². The largest absolute Gasteiger partial charge is 0.363 e. The summed E-state index contributed by atoms with van der Waals surface area (Å²) in [5.74, 6) is 0.709. The summed E-state index contributed by atoms with van der Waals surface area (Å²) in [6, 6.07) is 7.73. The van der Waals surface area contributed by atoms with E-state index in [1.807, 2.05) is 24.3 Å². The Kier molecular flexibility index (Phi) is 3.41. The molecule has 82 valence electrons. The molecule has 16 heavy (non-hydrogen) atoms. The summed E-state index contributed by atoms with van der Waals surface area (Å²) >= 11 is 9.24. The number of hydrogen-bond donors (Lipinski definition) is 1. The third kappa shape index (κ3) is 2.33. The van der Waals surface area contributed by atoms with E-state index in [2.05, 4.69) is 38.0 Å². The second-order valence-electron chi connectivity index (χ2n) is 3.26. The summed E-state index contributed by atoms with van der Waals surface area (Å²) in [6.45, 7) is 4.35. The lowest BCUT2D eigenvalue weighted by molar-refractivity contribution is 1.04. The minimum atomic E-state index is 0.416. The zero-order chi connectivity index (χ0) is 11.5. The Hall–Kier alpha value is -1.13. The van der Waals surface area contributed by atoms with Crippen molar-refractivity contribution in [3.05, 3.63) is 40.5 Å². The van der Waals surface area contributed by atoms with E-state index in [4.69, 9.17) is 11.6 Å². The Bertz CT molecular complexity index is 542. The van der Waals surface area contributed by atoms with Gasteiger partial charge in [-0.2, -0.15) is 0 Å². The van der Waals surface area contributed by atoms with E-state index in [1.54, 1.807) is 0 Å². The molecule has 0 fully saturated rings. The average molecular weight is 299 g/mol. The van der Waals surface area contributed by atoms with Gasteiger partial charge in [-0.05, 0) is 0 Å². The highest BCUT2D eigenvalue weighted by atomic mass is 79.9. The molecule has 2 aromatic rings. The lowest BCUT2D eigenvalue weighted by Gasteiger charge is -2.07. The zero-order valence-corrected chi connectivity index (χ0v) is 10.7. The molecule has 0 aliphatic heterocycles. The fraction of sp³-hybridized carbons (Fsp3) is 0.0909. The summed E-state index contributed by atoms with van der Waals surface area (Å²) in [7, 11) is 0. The van der Waals surface area contributed by atoms with Crippen LogP contribution in [0.4, 0.5) is 5.82 Å². The molecule has 0 saturated carbocycles. The molecule has 1 aromatic heterocycles. The SMILES string of the molecule is C=C(Br)CNc1nnc(Cl)c2ccccc12. The monoisotopic (exact) mass is 297 g/mol. The van der Waals surface area contributed by atoms with Crippen molar-refractivity contribution in [2.24, 2.45) is 0 Å². The van der Waals surface area contributed by atoms with Crippen LogP contribution in [-0.4, -0.2) is 16.7 Å². The Balaban J connectivity index is 2.46. The Morgan fingerprint density at radius 1 is 1.31 bits per heavy atom. The van der Waals surface area contributed by atoms with Crippen molar-refractivity contribution in [2.45, 2.75) is 0 Å². The molecule has 0 radical (unpaired) electrons. The van der Waals surface area contributed by atoms with E-state index >= 15 is 0 Å². The summed E-state index contributed by atoms with van der Waals surface area (Å²) in [5, 5.41) is 13.3. The molecule has 0 saturated heterocycles. The third-order valence-corrected chi connectivity index (χ3v) is 2.65. The molecule has 3 nitrogen and oxygen atoms in total. The van der Waals surface area contributed by atoms with Gasteiger partial charge in [0.05, 0.1) is 0 Å². The van der Waals surface area contributed by atoms with Crippen molar-refractivity contribution in [1.29, 1.82) is 0 Å². The van der Waals surface area contributed by atoms with Gasteiger partial charge in [-0.1, -0.05) is 58.4 Å². The molecule has 0 aliphatic carbocycles. The average Bonchev–Trinajstić information content (AvgIpc) is 2.28. The number of halogens is 2. The fourth-order valence-corrected chi connectivity index (χ4v) is 1.72. The van der Waals surface area contributed by atoms with Gasteiger partial charge in [0.15, 0.2) is 11.0 Å². The molecule has 2 rings (SSSR count). The van der Waals surface area contributed by atoms with Crippen molar-refractivity contribution in [3.8, 4) is 0 Å². The number of nitrogens with one attached hydrogen (secondary N) is 1. The van der Waals surface area contributed by atoms with E-state index in [0.717, 1.165) is 15.3 Å². The predicted molar refractivity (Wildman–Crippen MR) is 71.1 cm³/mol. The van der Waals surface area contributed by atoms with Crippen molar-refractivity contribution < 1.29 is 0 Å². The molecular weight excluding hydrogens is 289 g/mol. The van der Waals surface area contributed by atoms with Gasteiger partial charge in [0, 0.05) is 21.8 Å². The third-order valence-electron chi connectivity index (χ3n) is 2.09. The fourth-order valence-electron chi connectivity index (χ4n) is 1.38. The molecule has 0 spiro atoms. The smallest absolute Gasteiger partial charge is 0.159 e. The van der Waals surface area contributed by atoms with Gasteiger partial charge in [-0.15, -0.1) is 10.2 Å². The van der Waals surface area contributed by atoms with Gasteiger partial charge >= 0.3 is 0 Å². The van der Waals surface area contributed by atoms with Crippen LogP contribution in [0.3, 0.4) is 0 Å². The first-order valence-electron chi connectivity index (χ1n) is 4.66. The van der Waals surface area contributed by atoms with Gasteiger partial charge in [-0.25, -0.2) is 0 Å². The highest BCUT2D eigenvalue weighted by molar-refractivity contribution is 9.11. The molecule has 1 heterocycles. The van der Waals surface area contributed by atoms with E-state index in [9.17, 15) is 0 Å². The van der Waals surface area contributed by atoms with Crippen LogP contribution in [0.1, 0.15) is 0 Å². The van der Waals surface area contributed by atoms with Crippen LogP contribution < -0.4 is 5.32 Å². The highest BCUT2D eigenvalue weighted by Crippen LogP contribution is 2.25. The highest BCUT2D eigenvalue weighted by Gasteiger charge is 2.06. The maximum atomic E-state index is 5.96. The molecule has 0 aliphatic rings. The Morgan fingerprint density at radius 3 is 2.69 bits per heavy atom. The van der Waals surface area contributed by atoms with Gasteiger partial charge in [0.2, 0.25) is 0 Å². The second kappa shape index (κ2) is 4.80. The maximum Gasteiger partial charge on any atom is 0.159 e. The van der Waals surface area contributed by atoms with E-state index < -0.39 is 0 Å². The maximum absolute atomic E-state index is 5.96. The van der Waals surface area contributed by atoms with Crippen LogP contribution in [0.15, 0.2) is 35.3 Å². The van der Waals surface area contributed by atoms with Crippen LogP contribution in [0.2, 0.25) is 5.15 Å². The number of nitrogens with zero attached hydrogens (tertiary/aromatic N) is 2. The molecule has 1 aromatic carbocycles. The van der Waals surface area contributed by atoms with Gasteiger partial charge in [-0.3, -0.25) is 0 Å². The summed E-state index contributed by atoms with van der Waals surface area (Å²) in [5.41, 5.74) is 0. The van der Waals surface area contributed by atoms with E-state index in [0.29, 0.717) is 17.5 Å². The molecule has 0 atom stereocenters. The first kappa shape index (κ1) is 11.4. The molecular formula is C11H9BrClN3. The van der Waals surface area contributed by atoms with Crippen molar-refractivity contribution in [3.63, 3.8) is 0 Å². The first-order valence-corrected chi connectivity index (χ1v) is 5.83. The molecule has 0 bridgehead atoms. The van der Waals surface area contributed by atoms with Gasteiger partial charge < -0.3 is 5.32 Å². The zero-order valence-electron chi connectivity index (χ0n) is 8.37. The lowest BCUT2D eigenvalue weighted by Crippen LogP contribution is -2.04. The summed E-state index contributed by atoms with van der Waals surface area (Å²) < 4.78 is 0.855. The number of hydrogen-bond acceptors (Lipinski definition) is 3. The molecule has 0 unspecified atom stereocenters. The molecule has 0 amide bonds. The van der Waals surface area contributed by atoms with Crippen LogP contribution in [0.5, 0.6) is 0 Å². The summed E-state index contributed by atoms with van der Waals surface area (Å²) in [6.07, 6.45) is 0. The Morgan fingerprint density at radius 2 is 2.00 bits per heavy atom. The standard InChI is InChI=1S/C11H9BrClN3/c1-7(12)6-14-11-9-5-3-2-4-8(9)10(13)15-16-11/h2-5H,1,6H2,(H,14,16). The van der Waals surface area contributed by atoms with Crippen molar-refractivity contribution >= 4 is 44.1 Å². The summed E-state index contributed by atoms with van der Waals surface area (Å²) in [4.78, 5) is 0. The minimum Gasteiger partial charge on any atom is -0.363 e. The van der Waals surface area contributed by atoms with E-state index in [-0.39, 0.29) is 0 Å². The lowest BCUT2D eigenvalue weighted by atomic mass is 10.2. The molecule has 5 heteroatoms. The van der Waals surface area contributed by atoms with Crippen LogP contribution in [0.25, 0.3) is 10.8 Å². The molecule has 1 N–H and O–H groups in total. The van der Waals surface area contributed by atoms with Crippen LogP contribution in [0, 0.1) is 0 Å². The topological polar surface area (TPSA) is 37.8 Å². The number of anilines is 1. The van der Waals surface area contributed by atoms with Gasteiger partial charge in [0.1, 0.15) is 0 Å². The number of aromatic nitrogens is 2. The number of fused-ring (bicyclic) bond motifs is 1. The van der Waals surface area contributed by atoms with Crippen molar-refractivity contribution in [1.82, 2.24) is 10.2 Å². The predicted octanol–water partition coefficient (Wildman–Crippen LogP) is 3.60. The van der Waals surface area contributed by atoms with Crippen LogP contribution in [-0.2, 0) is 0 Å². The quantitative estimate of drug-likeness (QED) is 0.941.